The van der Waals surface area contributed by atoms with E-state index in [1.807, 2.05) is 30.3 Å². The third-order valence-electron chi connectivity index (χ3n) is 4.10. The van der Waals surface area contributed by atoms with E-state index < -0.39 is 0 Å². The molecule has 0 radical (unpaired) electrons. The van der Waals surface area contributed by atoms with Crippen LogP contribution in [0.4, 0.5) is 4.79 Å². The first-order valence-corrected chi connectivity index (χ1v) is 6.69. The number of likely N-dealkylation sites (tertiary alicyclic amines) is 1. The molecule has 1 aliphatic heterocycles. The number of ketones is 1. The van der Waals surface area contributed by atoms with E-state index >= 15 is 0 Å². The number of rotatable bonds is 2. The van der Waals surface area contributed by atoms with Crippen LogP contribution in [0.15, 0.2) is 30.3 Å². The summed E-state index contributed by atoms with van der Waals surface area (Å²) in [5, 5.41) is 0. The maximum absolute atomic E-state index is 11.8. The highest BCUT2D eigenvalue weighted by Gasteiger charge is 2.53. The van der Waals surface area contributed by atoms with Gasteiger partial charge >= 0.3 is 6.09 Å². The fraction of sp³-hybridized carbons (Fsp3) is 0.467. The Morgan fingerprint density at radius 2 is 2.00 bits per heavy atom. The third-order valence-corrected chi connectivity index (χ3v) is 4.10. The molecule has 4 heteroatoms. The van der Waals surface area contributed by atoms with Crippen molar-refractivity contribution in [1.29, 1.82) is 0 Å². The molecule has 1 heterocycles. The zero-order chi connectivity index (χ0) is 13.3. The van der Waals surface area contributed by atoms with Crippen molar-refractivity contribution in [2.24, 2.45) is 5.41 Å². The summed E-state index contributed by atoms with van der Waals surface area (Å²) in [4.78, 5) is 25.2. The van der Waals surface area contributed by atoms with Gasteiger partial charge in [-0.1, -0.05) is 30.3 Å². The van der Waals surface area contributed by atoms with Crippen molar-refractivity contribution >= 4 is 11.9 Å². The Morgan fingerprint density at radius 1 is 1.26 bits per heavy atom. The minimum atomic E-state index is -0.311. The molecule has 1 spiro atoms. The van der Waals surface area contributed by atoms with Gasteiger partial charge in [-0.3, -0.25) is 4.79 Å². The van der Waals surface area contributed by atoms with Gasteiger partial charge in [-0.25, -0.2) is 4.79 Å². The molecular formula is C15H17NO3. The van der Waals surface area contributed by atoms with E-state index in [0.29, 0.717) is 25.3 Å². The fourth-order valence-corrected chi connectivity index (χ4v) is 2.95. The van der Waals surface area contributed by atoms with E-state index in [1.165, 1.54) is 0 Å². The molecule has 4 nitrogen and oxygen atoms in total. The molecule has 1 amide bonds. The van der Waals surface area contributed by atoms with Gasteiger partial charge in [-0.05, 0) is 18.4 Å². The number of hydrogen-bond donors (Lipinski definition) is 0. The number of benzene rings is 1. The molecule has 0 unspecified atom stereocenters. The number of carbonyl (C=O) groups is 2. The Balaban J connectivity index is 1.49. The van der Waals surface area contributed by atoms with E-state index in [1.54, 1.807) is 4.90 Å². The van der Waals surface area contributed by atoms with Crippen molar-refractivity contribution < 1.29 is 14.3 Å². The highest BCUT2D eigenvalue weighted by molar-refractivity contribution is 5.90. The van der Waals surface area contributed by atoms with Crippen LogP contribution < -0.4 is 0 Å². The van der Waals surface area contributed by atoms with Gasteiger partial charge in [0.2, 0.25) is 0 Å². The van der Waals surface area contributed by atoms with Crippen LogP contribution in [0.3, 0.4) is 0 Å². The Bertz CT molecular complexity index is 491. The van der Waals surface area contributed by atoms with E-state index in [-0.39, 0.29) is 18.1 Å². The number of hydrogen-bond acceptors (Lipinski definition) is 3. The average Bonchev–Trinajstić information content (AvgIpc) is 2.77. The van der Waals surface area contributed by atoms with Gasteiger partial charge in [-0.2, -0.15) is 0 Å². The molecule has 100 valence electrons. The predicted molar refractivity (Wildman–Crippen MR) is 69.5 cm³/mol. The number of nitrogens with zero attached hydrogens (tertiary/aromatic N) is 1. The maximum atomic E-state index is 11.8. The minimum absolute atomic E-state index is 0.230. The van der Waals surface area contributed by atoms with Gasteiger partial charge in [0.25, 0.3) is 0 Å². The summed E-state index contributed by atoms with van der Waals surface area (Å²) >= 11 is 0. The molecule has 1 saturated carbocycles. The second kappa shape index (κ2) is 4.68. The lowest BCUT2D eigenvalue weighted by atomic mass is 9.78. The van der Waals surface area contributed by atoms with Gasteiger partial charge in [-0.15, -0.1) is 0 Å². The summed E-state index contributed by atoms with van der Waals surface area (Å²) in [7, 11) is 0. The van der Waals surface area contributed by atoms with Crippen LogP contribution in [0.2, 0.25) is 0 Å². The van der Waals surface area contributed by atoms with E-state index in [9.17, 15) is 9.59 Å². The zero-order valence-electron chi connectivity index (χ0n) is 10.8. The van der Waals surface area contributed by atoms with Gasteiger partial charge in [0.15, 0.2) is 0 Å². The molecule has 1 aromatic carbocycles. The van der Waals surface area contributed by atoms with E-state index in [2.05, 4.69) is 0 Å². The van der Waals surface area contributed by atoms with Crippen molar-refractivity contribution in [2.75, 3.05) is 13.1 Å². The van der Waals surface area contributed by atoms with E-state index in [4.69, 9.17) is 4.74 Å². The molecule has 1 aromatic rings. The highest BCUT2D eigenvalue weighted by atomic mass is 16.6. The van der Waals surface area contributed by atoms with Crippen LogP contribution in [-0.4, -0.2) is 29.9 Å². The number of amides is 1. The standard InChI is InChI=1S/C15H17NO3/c17-13-7-4-8-15(13)10-16(11-15)14(18)19-9-12-5-2-1-3-6-12/h1-3,5-6H,4,7-11H2. The van der Waals surface area contributed by atoms with Crippen molar-refractivity contribution in [3.63, 3.8) is 0 Å². The number of carbonyl (C=O) groups excluding carboxylic acids is 2. The van der Waals surface area contributed by atoms with Crippen LogP contribution in [0.25, 0.3) is 0 Å². The largest absolute Gasteiger partial charge is 0.445 e. The quantitative estimate of drug-likeness (QED) is 0.819. The zero-order valence-corrected chi connectivity index (χ0v) is 10.8. The molecule has 3 rings (SSSR count). The monoisotopic (exact) mass is 259 g/mol. The Morgan fingerprint density at radius 3 is 2.63 bits per heavy atom. The molecule has 1 saturated heterocycles. The van der Waals surface area contributed by atoms with Crippen molar-refractivity contribution in [2.45, 2.75) is 25.9 Å². The summed E-state index contributed by atoms with van der Waals surface area (Å²) in [5.74, 6) is 0.319. The molecular weight excluding hydrogens is 242 g/mol. The lowest BCUT2D eigenvalue weighted by molar-refractivity contribution is -0.133. The molecule has 2 fully saturated rings. The smallest absolute Gasteiger partial charge is 0.410 e. The van der Waals surface area contributed by atoms with Gasteiger partial charge in [0, 0.05) is 19.5 Å². The maximum Gasteiger partial charge on any atom is 0.410 e. The minimum Gasteiger partial charge on any atom is -0.445 e. The van der Waals surface area contributed by atoms with Crippen LogP contribution in [0.1, 0.15) is 24.8 Å². The SMILES string of the molecule is O=C(OCc1ccccc1)N1CC2(CCCC2=O)C1. The summed E-state index contributed by atoms with van der Waals surface area (Å²) in [6, 6.07) is 9.60. The second-order valence-corrected chi connectivity index (χ2v) is 5.45. The summed E-state index contributed by atoms with van der Waals surface area (Å²) in [6.45, 7) is 1.37. The van der Waals surface area contributed by atoms with Gasteiger partial charge in [0.05, 0.1) is 5.41 Å². The van der Waals surface area contributed by atoms with Crippen LogP contribution in [0.5, 0.6) is 0 Å². The molecule has 0 N–H and O–H groups in total. The first-order valence-electron chi connectivity index (χ1n) is 6.69. The summed E-state index contributed by atoms with van der Waals surface area (Å²) < 4.78 is 5.25. The Labute approximate surface area is 112 Å². The summed E-state index contributed by atoms with van der Waals surface area (Å²) in [5.41, 5.74) is 0.745. The first kappa shape index (κ1) is 12.2. The van der Waals surface area contributed by atoms with Crippen LogP contribution in [-0.2, 0) is 16.1 Å². The molecule has 0 atom stereocenters. The lowest BCUT2D eigenvalue weighted by Gasteiger charge is -2.45. The van der Waals surface area contributed by atoms with Gasteiger partial charge < -0.3 is 9.64 Å². The van der Waals surface area contributed by atoms with E-state index in [0.717, 1.165) is 18.4 Å². The van der Waals surface area contributed by atoms with Crippen molar-refractivity contribution in [3.05, 3.63) is 35.9 Å². The second-order valence-electron chi connectivity index (χ2n) is 5.45. The third kappa shape index (κ3) is 2.23. The Hall–Kier alpha value is -1.84. The normalized spacial score (nSPS) is 20.4. The first-order chi connectivity index (χ1) is 9.20. The lowest BCUT2D eigenvalue weighted by Crippen LogP contribution is -2.60. The molecule has 1 aliphatic carbocycles. The Kier molecular flexibility index (Phi) is 3.01. The molecule has 19 heavy (non-hydrogen) atoms. The van der Waals surface area contributed by atoms with Crippen molar-refractivity contribution in [3.8, 4) is 0 Å². The topological polar surface area (TPSA) is 46.6 Å². The molecule has 0 bridgehead atoms. The molecule has 0 aromatic heterocycles. The predicted octanol–water partition coefficient (Wildman–Crippen LogP) is 2.38. The van der Waals surface area contributed by atoms with Crippen LogP contribution in [0, 0.1) is 5.41 Å². The van der Waals surface area contributed by atoms with Crippen LogP contribution >= 0.6 is 0 Å². The average molecular weight is 259 g/mol. The van der Waals surface area contributed by atoms with Gasteiger partial charge in [0.1, 0.15) is 12.4 Å². The van der Waals surface area contributed by atoms with Crippen molar-refractivity contribution in [1.82, 2.24) is 4.90 Å². The highest BCUT2D eigenvalue weighted by Crippen LogP contribution is 2.42. The number of Topliss-reactive ketones (excluding diaryl/α,β-unsaturated/α-hetero) is 1. The fourth-order valence-electron chi connectivity index (χ4n) is 2.95. The molecule has 2 aliphatic rings. The number of ether oxygens (including phenoxy) is 1. The summed E-state index contributed by atoms with van der Waals surface area (Å²) in [6.07, 6.45) is 2.25.